The van der Waals surface area contributed by atoms with Gasteiger partial charge in [0.15, 0.2) is 5.78 Å². The highest BCUT2D eigenvalue weighted by Gasteiger charge is 2.16. The number of rotatable bonds is 4. The van der Waals surface area contributed by atoms with Crippen LogP contribution in [0.4, 0.5) is 0 Å². The third-order valence-electron chi connectivity index (χ3n) is 3.01. The Kier molecular flexibility index (Phi) is 3.58. The summed E-state index contributed by atoms with van der Waals surface area (Å²) in [7, 11) is 0. The van der Waals surface area contributed by atoms with Gasteiger partial charge in [0, 0.05) is 4.70 Å². The maximum Gasteiger partial charge on any atom is 0.208 e. The zero-order chi connectivity index (χ0) is 14.1. The zero-order valence-corrected chi connectivity index (χ0v) is 12.8. The van der Waals surface area contributed by atoms with E-state index in [4.69, 9.17) is 0 Å². The fourth-order valence-corrected chi connectivity index (χ4v) is 3.98. The summed E-state index contributed by atoms with van der Waals surface area (Å²) in [6.45, 7) is 3.85. The number of benzene rings is 1. The van der Waals surface area contributed by atoms with Crippen LogP contribution >= 0.6 is 23.1 Å². The maximum atomic E-state index is 12.3. The van der Waals surface area contributed by atoms with E-state index < -0.39 is 0 Å². The first kappa shape index (κ1) is 13.3. The Balaban J connectivity index is 1.80. The van der Waals surface area contributed by atoms with Crippen LogP contribution in [0.2, 0.25) is 0 Å². The molecule has 0 unspecified atom stereocenters. The predicted octanol–water partition coefficient (Wildman–Crippen LogP) is 3.61. The van der Waals surface area contributed by atoms with Crippen LogP contribution < -0.4 is 0 Å². The highest BCUT2D eigenvalue weighted by atomic mass is 32.2. The quantitative estimate of drug-likeness (QED) is 0.591. The second kappa shape index (κ2) is 5.38. The van der Waals surface area contributed by atoms with E-state index in [-0.39, 0.29) is 5.78 Å². The average molecular weight is 303 g/mol. The summed E-state index contributed by atoms with van der Waals surface area (Å²) in [5.74, 6) is 1.26. The number of thiophene rings is 1. The number of thioether (sulfide) groups is 1. The Labute approximate surface area is 124 Å². The van der Waals surface area contributed by atoms with Crippen molar-refractivity contribution in [1.29, 1.82) is 0 Å². The molecule has 0 spiro atoms. The number of ketones is 1. The van der Waals surface area contributed by atoms with Crippen LogP contribution in [0.3, 0.4) is 0 Å². The molecule has 0 atom stereocenters. The summed E-state index contributed by atoms with van der Waals surface area (Å²) in [4.78, 5) is 17.4. The number of nitrogens with one attached hydrogen (secondary N) is 1. The van der Waals surface area contributed by atoms with Gasteiger partial charge in [0.2, 0.25) is 5.16 Å². The number of hydrogen-bond donors (Lipinski definition) is 1. The maximum absolute atomic E-state index is 12.3. The van der Waals surface area contributed by atoms with Gasteiger partial charge in [0.05, 0.1) is 10.6 Å². The molecule has 0 bridgehead atoms. The summed E-state index contributed by atoms with van der Waals surface area (Å²) in [5, 5.41) is 8.59. The van der Waals surface area contributed by atoms with E-state index >= 15 is 0 Å². The monoisotopic (exact) mass is 303 g/mol. The Bertz CT molecular complexity index is 776. The molecule has 20 heavy (non-hydrogen) atoms. The molecule has 2 aromatic heterocycles. The first-order valence-corrected chi connectivity index (χ1v) is 7.98. The lowest BCUT2D eigenvalue weighted by Gasteiger charge is -1.97. The molecule has 0 aliphatic rings. The first-order chi connectivity index (χ1) is 9.65. The number of fused-ring (bicyclic) bond motifs is 1. The van der Waals surface area contributed by atoms with Crippen molar-refractivity contribution in [2.24, 2.45) is 0 Å². The second-order valence-electron chi connectivity index (χ2n) is 4.47. The normalized spacial score (nSPS) is 11.1. The van der Waals surface area contributed by atoms with Crippen LogP contribution in [0.1, 0.15) is 21.1 Å². The topological polar surface area (TPSA) is 58.6 Å². The number of carbonyl (C=O) groups excluding carboxylic acids is 1. The lowest BCUT2D eigenvalue weighted by molar-refractivity contribution is 0.102. The SMILES string of the molecule is Cc1nc(SCC(=O)c2sc3ccccc3c2C)n[nH]1. The smallest absolute Gasteiger partial charge is 0.208 e. The van der Waals surface area contributed by atoms with Crippen molar-refractivity contribution in [3.05, 3.63) is 40.5 Å². The van der Waals surface area contributed by atoms with E-state index in [1.165, 1.54) is 17.1 Å². The van der Waals surface area contributed by atoms with Crippen LogP contribution in [0.5, 0.6) is 0 Å². The molecule has 2 heterocycles. The van der Waals surface area contributed by atoms with E-state index in [1.807, 2.05) is 26.0 Å². The minimum Gasteiger partial charge on any atom is -0.292 e. The van der Waals surface area contributed by atoms with Crippen molar-refractivity contribution in [1.82, 2.24) is 15.2 Å². The fourth-order valence-electron chi connectivity index (χ4n) is 2.02. The molecule has 1 aromatic carbocycles. The Hall–Kier alpha value is -1.66. The highest BCUT2D eigenvalue weighted by molar-refractivity contribution is 7.99. The third kappa shape index (κ3) is 2.48. The van der Waals surface area contributed by atoms with Gasteiger partial charge in [-0.1, -0.05) is 30.0 Å². The van der Waals surface area contributed by atoms with Crippen molar-refractivity contribution >= 4 is 39.0 Å². The first-order valence-electron chi connectivity index (χ1n) is 6.18. The standard InChI is InChI=1S/C14H13N3OS2/c1-8-10-5-3-4-6-12(10)20-13(8)11(18)7-19-14-15-9(2)16-17-14/h3-6H,7H2,1-2H3,(H,15,16,17). The summed E-state index contributed by atoms with van der Waals surface area (Å²) < 4.78 is 1.16. The molecule has 0 aliphatic heterocycles. The van der Waals surface area contributed by atoms with Crippen LogP contribution in [0.25, 0.3) is 10.1 Å². The lowest BCUT2D eigenvalue weighted by atomic mass is 10.1. The van der Waals surface area contributed by atoms with Crippen molar-refractivity contribution in [3.8, 4) is 0 Å². The molecule has 1 N–H and O–H groups in total. The van der Waals surface area contributed by atoms with Crippen LogP contribution in [0.15, 0.2) is 29.4 Å². The molecule has 0 radical (unpaired) electrons. The Morgan fingerprint density at radius 3 is 2.85 bits per heavy atom. The molecular weight excluding hydrogens is 290 g/mol. The van der Waals surface area contributed by atoms with Crippen molar-refractivity contribution in [2.75, 3.05) is 5.75 Å². The molecule has 0 fully saturated rings. The number of aromatic nitrogens is 3. The minimum atomic E-state index is 0.135. The van der Waals surface area contributed by atoms with E-state index in [9.17, 15) is 4.79 Å². The number of aromatic amines is 1. The summed E-state index contributed by atoms with van der Waals surface area (Å²) in [6.07, 6.45) is 0. The van der Waals surface area contributed by atoms with Gasteiger partial charge >= 0.3 is 0 Å². The Morgan fingerprint density at radius 2 is 2.15 bits per heavy atom. The van der Waals surface area contributed by atoms with Crippen LogP contribution in [0, 0.1) is 13.8 Å². The number of aryl methyl sites for hydroxylation is 2. The molecule has 4 nitrogen and oxygen atoms in total. The van der Waals surface area contributed by atoms with Gasteiger partial charge in [-0.25, -0.2) is 4.98 Å². The molecule has 0 amide bonds. The van der Waals surface area contributed by atoms with Crippen LogP contribution in [-0.2, 0) is 0 Å². The molecule has 0 saturated heterocycles. The second-order valence-corrected chi connectivity index (χ2v) is 6.46. The van der Waals surface area contributed by atoms with Gasteiger partial charge in [-0.15, -0.1) is 16.4 Å². The van der Waals surface area contributed by atoms with Gasteiger partial charge < -0.3 is 0 Å². The van der Waals surface area contributed by atoms with Gasteiger partial charge in [0.25, 0.3) is 0 Å². The average Bonchev–Trinajstić information content (AvgIpc) is 3.01. The predicted molar refractivity (Wildman–Crippen MR) is 82.7 cm³/mol. The Morgan fingerprint density at radius 1 is 1.35 bits per heavy atom. The number of hydrogen-bond acceptors (Lipinski definition) is 5. The zero-order valence-electron chi connectivity index (χ0n) is 11.1. The molecule has 0 aliphatic carbocycles. The third-order valence-corrected chi connectivity index (χ3v) is 5.17. The van der Waals surface area contributed by atoms with E-state index in [2.05, 4.69) is 27.3 Å². The van der Waals surface area contributed by atoms with Gasteiger partial charge in [-0.3, -0.25) is 9.89 Å². The van der Waals surface area contributed by atoms with Crippen LogP contribution in [-0.4, -0.2) is 26.7 Å². The van der Waals surface area contributed by atoms with Gasteiger partial charge in [0.1, 0.15) is 5.82 Å². The van der Waals surface area contributed by atoms with E-state index in [0.717, 1.165) is 21.0 Å². The molecule has 102 valence electrons. The highest BCUT2D eigenvalue weighted by Crippen LogP contribution is 2.31. The number of carbonyl (C=O) groups is 1. The van der Waals surface area contributed by atoms with E-state index in [1.54, 1.807) is 11.3 Å². The number of nitrogens with zero attached hydrogens (tertiary/aromatic N) is 2. The lowest BCUT2D eigenvalue weighted by Crippen LogP contribution is -2.01. The summed E-state index contributed by atoms with van der Waals surface area (Å²) in [5.41, 5.74) is 1.07. The van der Waals surface area contributed by atoms with Crippen molar-refractivity contribution in [3.63, 3.8) is 0 Å². The minimum absolute atomic E-state index is 0.135. The fraction of sp³-hybridized carbons (Fsp3) is 0.214. The summed E-state index contributed by atoms with van der Waals surface area (Å²) in [6, 6.07) is 8.11. The molecule has 3 aromatic rings. The summed E-state index contributed by atoms with van der Waals surface area (Å²) >= 11 is 2.93. The van der Waals surface area contributed by atoms with Gasteiger partial charge in [-0.05, 0) is 30.9 Å². The van der Waals surface area contributed by atoms with Crippen molar-refractivity contribution in [2.45, 2.75) is 19.0 Å². The number of H-pyrrole nitrogens is 1. The molecule has 0 saturated carbocycles. The number of Topliss-reactive ketones (excluding diaryl/α,β-unsaturated/α-hetero) is 1. The van der Waals surface area contributed by atoms with E-state index in [0.29, 0.717) is 10.9 Å². The van der Waals surface area contributed by atoms with Crippen molar-refractivity contribution < 1.29 is 4.79 Å². The molecular formula is C14H13N3OS2. The largest absolute Gasteiger partial charge is 0.292 e. The molecule has 3 rings (SSSR count). The molecule has 6 heteroatoms. The van der Waals surface area contributed by atoms with Gasteiger partial charge in [-0.2, -0.15) is 0 Å².